The maximum absolute atomic E-state index is 13.1. The Hall–Kier alpha value is -1.69. The van der Waals surface area contributed by atoms with E-state index < -0.39 is 6.04 Å². The number of rotatable bonds is 11. The van der Waals surface area contributed by atoms with Gasteiger partial charge < -0.3 is 10.2 Å². The van der Waals surface area contributed by atoms with Gasteiger partial charge in [-0.15, -0.1) is 11.8 Å². The zero-order valence-electron chi connectivity index (χ0n) is 17.4. The van der Waals surface area contributed by atoms with Crippen molar-refractivity contribution >= 4 is 46.8 Å². The molecule has 30 heavy (non-hydrogen) atoms. The van der Waals surface area contributed by atoms with Gasteiger partial charge in [0.25, 0.3) is 0 Å². The van der Waals surface area contributed by atoms with E-state index in [1.807, 2.05) is 50.2 Å². The maximum Gasteiger partial charge on any atom is 0.242 e. The summed E-state index contributed by atoms with van der Waals surface area (Å²) in [6.07, 6.45) is 1.68. The van der Waals surface area contributed by atoms with E-state index in [1.54, 1.807) is 28.8 Å². The van der Waals surface area contributed by atoms with Crippen LogP contribution < -0.4 is 5.32 Å². The highest BCUT2D eigenvalue weighted by Crippen LogP contribution is 2.22. The molecule has 2 aromatic rings. The summed E-state index contributed by atoms with van der Waals surface area (Å²) in [6.45, 7) is 4.73. The lowest BCUT2D eigenvalue weighted by Crippen LogP contribution is -2.49. The first-order valence-corrected chi connectivity index (χ1v) is 11.9. The molecule has 0 saturated carbocycles. The molecule has 0 radical (unpaired) electrons. The van der Waals surface area contributed by atoms with Crippen molar-refractivity contribution in [1.82, 2.24) is 10.2 Å². The number of hydrogen-bond acceptors (Lipinski definition) is 3. The van der Waals surface area contributed by atoms with Gasteiger partial charge in [-0.05, 0) is 67.5 Å². The summed E-state index contributed by atoms with van der Waals surface area (Å²) in [7, 11) is 0. The van der Waals surface area contributed by atoms with Gasteiger partial charge in [-0.2, -0.15) is 0 Å². The van der Waals surface area contributed by atoms with Gasteiger partial charge in [-0.1, -0.05) is 42.3 Å². The van der Waals surface area contributed by atoms with E-state index in [-0.39, 0.29) is 11.8 Å². The number of benzene rings is 2. The number of carbonyl (C=O) groups is 2. The summed E-state index contributed by atoms with van der Waals surface area (Å²) < 4.78 is 0. The Morgan fingerprint density at radius 1 is 1.00 bits per heavy atom. The first kappa shape index (κ1) is 24.6. The van der Waals surface area contributed by atoms with Crippen LogP contribution in [0.2, 0.25) is 10.0 Å². The summed E-state index contributed by atoms with van der Waals surface area (Å²) in [4.78, 5) is 28.5. The standard InChI is InChI=1S/C23H28Cl2N2O2S/c1-3-21(23(29)26-4-2)27(16-17-7-9-18(24)10-8-17)22(28)6-5-15-30-20-13-11-19(25)12-14-20/h7-14,21H,3-6,15-16H2,1-2H3,(H,26,29). The van der Waals surface area contributed by atoms with Crippen molar-refractivity contribution in [3.63, 3.8) is 0 Å². The lowest BCUT2D eigenvalue weighted by atomic mass is 10.1. The first-order valence-electron chi connectivity index (χ1n) is 10.1. The largest absolute Gasteiger partial charge is 0.355 e. The van der Waals surface area contributed by atoms with Crippen molar-refractivity contribution in [2.75, 3.05) is 12.3 Å². The second-order valence-corrected chi connectivity index (χ2v) is 8.91. The monoisotopic (exact) mass is 466 g/mol. The highest BCUT2D eigenvalue weighted by molar-refractivity contribution is 7.99. The number of nitrogens with one attached hydrogen (secondary N) is 1. The van der Waals surface area contributed by atoms with Crippen molar-refractivity contribution in [3.8, 4) is 0 Å². The van der Waals surface area contributed by atoms with Crippen molar-refractivity contribution in [3.05, 3.63) is 64.1 Å². The number of hydrogen-bond donors (Lipinski definition) is 1. The quantitative estimate of drug-likeness (QED) is 0.335. The summed E-state index contributed by atoms with van der Waals surface area (Å²) in [5.74, 6) is 0.692. The van der Waals surface area contributed by atoms with Crippen LogP contribution in [0.4, 0.5) is 0 Å². The Morgan fingerprint density at radius 2 is 1.60 bits per heavy atom. The molecule has 0 heterocycles. The molecule has 0 bridgehead atoms. The Balaban J connectivity index is 2.01. The van der Waals surface area contributed by atoms with Gasteiger partial charge in [0.15, 0.2) is 0 Å². The average Bonchev–Trinajstić information content (AvgIpc) is 2.74. The third-order valence-electron chi connectivity index (χ3n) is 4.62. The molecular weight excluding hydrogens is 439 g/mol. The minimum Gasteiger partial charge on any atom is -0.355 e. The Labute approximate surface area is 193 Å². The van der Waals surface area contributed by atoms with Crippen LogP contribution in [0.5, 0.6) is 0 Å². The molecule has 0 aromatic heterocycles. The van der Waals surface area contributed by atoms with Gasteiger partial charge in [0, 0.05) is 34.5 Å². The molecule has 2 rings (SSSR count). The van der Waals surface area contributed by atoms with Gasteiger partial charge in [-0.3, -0.25) is 9.59 Å². The van der Waals surface area contributed by atoms with E-state index in [2.05, 4.69) is 5.32 Å². The van der Waals surface area contributed by atoms with Crippen LogP contribution in [-0.2, 0) is 16.1 Å². The topological polar surface area (TPSA) is 49.4 Å². The van der Waals surface area contributed by atoms with E-state index in [0.29, 0.717) is 36.0 Å². The minimum atomic E-state index is -0.489. The highest BCUT2D eigenvalue weighted by atomic mass is 35.5. The SMILES string of the molecule is CCNC(=O)C(CC)N(Cc1ccc(Cl)cc1)C(=O)CCCSc1ccc(Cl)cc1. The van der Waals surface area contributed by atoms with Gasteiger partial charge >= 0.3 is 0 Å². The Kier molecular flexibility index (Phi) is 10.6. The number of amides is 2. The van der Waals surface area contributed by atoms with Gasteiger partial charge in [-0.25, -0.2) is 0 Å². The first-order chi connectivity index (χ1) is 14.4. The molecule has 1 atom stereocenters. The number of likely N-dealkylation sites (N-methyl/N-ethyl adjacent to an activating group) is 1. The lowest BCUT2D eigenvalue weighted by molar-refractivity contribution is -0.141. The van der Waals surface area contributed by atoms with E-state index >= 15 is 0 Å². The zero-order chi connectivity index (χ0) is 21.9. The molecule has 0 fully saturated rings. The number of carbonyl (C=O) groups excluding carboxylic acids is 2. The molecule has 0 aliphatic heterocycles. The highest BCUT2D eigenvalue weighted by Gasteiger charge is 2.27. The normalized spacial score (nSPS) is 11.7. The molecule has 0 aliphatic carbocycles. The van der Waals surface area contributed by atoms with Gasteiger partial charge in [0.05, 0.1) is 0 Å². The Bertz CT molecular complexity index is 813. The van der Waals surface area contributed by atoms with Crippen LogP contribution >= 0.6 is 35.0 Å². The van der Waals surface area contributed by atoms with Crippen molar-refractivity contribution in [2.24, 2.45) is 0 Å². The molecule has 0 aliphatic rings. The summed E-state index contributed by atoms with van der Waals surface area (Å²) >= 11 is 13.6. The van der Waals surface area contributed by atoms with E-state index in [4.69, 9.17) is 23.2 Å². The molecule has 1 N–H and O–H groups in total. The van der Waals surface area contributed by atoms with E-state index in [9.17, 15) is 9.59 Å². The third-order valence-corrected chi connectivity index (χ3v) is 6.22. The second kappa shape index (κ2) is 12.9. The van der Waals surface area contributed by atoms with Crippen LogP contribution in [0, 0.1) is 0 Å². The third kappa shape index (κ3) is 7.86. The Morgan fingerprint density at radius 3 is 2.17 bits per heavy atom. The fourth-order valence-electron chi connectivity index (χ4n) is 3.09. The van der Waals surface area contributed by atoms with Crippen LogP contribution in [0.1, 0.15) is 38.7 Å². The molecule has 4 nitrogen and oxygen atoms in total. The van der Waals surface area contributed by atoms with Crippen LogP contribution in [-0.4, -0.2) is 35.1 Å². The predicted molar refractivity (Wildman–Crippen MR) is 126 cm³/mol. The van der Waals surface area contributed by atoms with Crippen LogP contribution in [0.3, 0.4) is 0 Å². The van der Waals surface area contributed by atoms with Crippen molar-refractivity contribution < 1.29 is 9.59 Å². The molecule has 162 valence electrons. The summed E-state index contributed by atoms with van der Waals surface area (Å²) in [5.41, 5.74) is 0.950. The van der Waals surface area contributed by atoms with E-state index in [0.717, 1.165) is 22.6 Å². The van der Waals surface area contributed by atoms with Crippen molar-refractivity contribution in [1.29, 1.82) is 0 Å². The number of nitrogens with zero attached hydrogens (tertiary/aromatic N) is 1. The van der Waals surface area contributed by atoms with Gasteiger partial charge in [0.1, 0.15) is 6.04 Å². The van der Waals surface area contributed by atoms with Crippen LogP contribution in [0.25, 0.3) is 0 Å². The number of thioether (sulfide) groups is 1. The second-order valence-electron chi connectivity index (χ2n) is 6.87. The average molecular weight is 467 g/mol. The molecule has 7 heteroatoms. The molecule has 1 unspecified atom stereocenters. The summed E-state index contributed by atoms with van der Waals surface area (Å²) in [5, 5.41) is 4.21. The molecule has 2 aromatic carbocycles. The van der Waals surface area contributed by atoms with Gasteiger partial charge in [0.2, 0.25) is 11.8 Å². The minimum absolute atomic E-state index is 0.0141. The number of halogens is 2. The fourth-order valence-corrected chi connectivity index (χ4v) is 4.19. The molecular formula is C23H28Cl2N2O2S. The van der Waals surface area contributed by atoms with Crippen molar-refractivity contribution in [2.45, 2.75) is 50.6 Å². The van der Waals surface area contributed by atoms with Crippen LogP contribution in [0.15, 0.2) is 53.4 Å². The maximum atomic E-state index is 13.1. The summed E-state index contributed by atoms with van der Waals surface area (Å²) in [6, 6.07) is 14.6. The smallest absolute Gasteiger partial charge is 0.242 e. The lowest BCUT2D eigenvalue weighted by Gasteiger charge is -2.30. The molecule has 0 saturated heterocycles. The molecule has 0 spiro atoms. The van der Waals surface area contributed by atoms with E-state index in [1.165, 1.54) is 0 Å². The molecule has 2 amide bonds. The zero-order valence-corrected chi connectivity index (χ0v) is 19.7. The fraction of sp³-hybridized carbons (Fsp3) is 0.391. The predicted octanol–water partition coefficient (Wildman–Crippen LogP) is 5.81.